The number of aromatic nitrogens is 2. The van der Waals surface area contributed by atoms with E-state index in [1.165, 1.54) is 5.52 Å². The Morgan fingerprint density at radius 3 is 2.59 bits per heavy atom. The summed E-state index contributed by atoms with van der Waals surface area (Å²) in [5, 5.41) is 0. The first-order valence-corrected chi connectivity index (χ1v) is 6.15. The molecule has 2 aromatic rings. The summed E-state index contributed by atoms with van der Waals surface area (Å²) >= 11 is 0. The van der Waals surface area contributed by atoms with Crippen molar-refractivity contribution in [2.45, 2.75) is 40.7 Å². The fourth-order valence-corrected chi connectivity index (χ4v) is 2.12. The van der Waals surface area contributed by atoms with Crippen LogP contribution in [0, 0.1) is 5.41 Å². The lowest BCUT2D eigenvalue weighted by Crippen LogP contribution is -2.17. The highest BCUT2D eigenvalue weighted by atomic mass is 15.1. The largest absolute Gasteiger partial charge is 0.399 e. The van der Waals surface area contributed by atoms with Gasteiger partial charge in [0, 0.05) is 18.7 Å². The number of benzene rings is 1. The molecular weight excluding hydrogens is 210 g/mol. The van der Waals surface area contributed by atoms with Crippen LogP contribution in [0.2, 0.25) is 0 Å². The maximum atomic E-state index is 5.80. The molecule has 0 atom stereocenters. The smallest absolute Gasteiger partial charge is 0.109 e. The second-order valence-corrected chi connectivity index (χ2v) is 5.78. The van der Waals surface area contributed by atoms with E-state index >= 15 is 0 Å². The molecule has 0 amide bonds. The van der Waals surface area contributed by atoms with Crippen LogP contribution in [-0.4, -0.2) is 9.55 Å². The Kier molecular flexibility index (Phi) is 2.86. The van der Waals surface area contributed by atoms with Gasteiger partial charge in [0.2, 0.25) is 0 Å². The van der Waals surface area contributed by atoms with Gasteiger partial charge in [0.25, 0.3) is 0 Å². The number of aryl methyl sites for hydroxylation is 1. The van der Waals surface area contributed by atoms with Crippen LogP contribution in [0.3, 0.4) is 0 Å². The summed E-state index contributed by atoms with van der Waals surface area (Å²) in [6.07, 6.45) is 0.949. The van der Waals surface area contributed by atoms with Crippen molar-refractivity contribution in [3.05, 3.63) is 24.0 Å². The lowest BCUT2D eigenvalue weighted by atomic mass is 9.96. The standard InChI is InChI=1S/C14H21N3/c1-5-13-16-11-8-10(15)6-7-12(11)17(13)9-14(2,3)4/h6-8H,5,9,15H2,1-4H3. The minimum Gasteiger partial charge on any atom is -0.399 e. The zero-order valence-corrected chi connectivity index (χ0v) is 11.1. The van der Waals surface area contributed by atoms with Gasteiger partial charge in [-0.25, -0.2) is 4.98 Å². The summed E-state index contributed by atoms with van der Waals surface area (Å²) in [6, 6.07) is 5.97. The monoisotopic (exact) mass is 231 g/mol. The van der Waals surface area contributed by atoms with E-state index in [2.05, 4.69) is 43.3 Å². The summed E-state index contributed by atoms with van der Waals surface area (Å²) in [4.78, 5) is 4.66. The fraction of sp³-hybridized carbons (Fsp3) is 0.500. The molecule has 0 aliphatic heterocycles. The van der Waals surface area contributed by atoms with Gasteiger partial charge in [0.05, 0.1) is 11.0 Å². The molecule has 92 valence electrons. The number of nitrogens with zero attached hydrogens (tertiary/aromatic N) is 2. The van der Waals surface area contributed by atoms with E-state index in [0.29, 0.717) is 0 Å². The van der Waals surface area contributed by atoms with Gasteiger partial charge in [-0.2, -0.15) is 0 Å². The van der Waals surface area contributed by atoms with Crippen molar-refractivity contribution in [1.29, 1.82) is 0 Å². The number of anilines is 1. The van der Waals surface area contributed by atoms with Crippen molar-refractivity contribution < 1.29 is 0 Å². The molecule has 0 spiro atoms. The molecule has 0 saturated carbocycles. The highest BCUT2D eigenvalue weighted by Gasteiger charge is 2.16. The minimum atomic E-state index is 0.249. The molecule has 2 rings (SSSR count). The van der Waals surface area contributed by atoms with Crippen LogP contribution in [0.25, 0.3) is 11.0 Å². The van der Waals surface area contributed by atoms with Gasteiger partial charge in [-0.3, -0.25) is 0 Å². The molecule has 0 fully saturated rings. The van der Waals surface area contributed by atoms with Crippen molar-refractivity contribution in [2.75, 3.05) is 5.73 Å². The Bertz CT molecular complexity index is 532. The molecule has 0 bridgehead atoms. The van der Waals surface area contributed by atoms with E-state index in [-0.39, 0.29) is 5.41 Å². The van der Waals surface area contributed by atoms with Crippen molar-refractivity contribution >= 4 is 16.7 Å². The predicted octanol–water partition coefficient (Wildman–Crippen LogP) is 3.23. The summed E-state index contributed by atoms with van der Waals surface area (Å²) < 4.78 is 2.31. The first-order valence-electron chi connectivity index (χ1n) is 6.15. The normalized spacial score (nSPS) is 12.2. The van der Waals surface area contributed by atoms with E-state index in [4.69, 9.17) is 5.73 Å². The third-order valence-electron chi connectivity index (χ3n) is 2.80. The lowest BCUT2D eigenvalue weighted by Gasteiger charge is -2.21. The Balaban J connectivity index is 2.58. The van der Waals surface area contributed by atoms with Crippen LogP contribution in [0.15, 0.2) is 18.2 Å². The third kappa shape index (κ3) is 2.43. The Hall–Kier alpha value is -1.51. The van der Waals surface area contributed by atoms with Gasteiger partial charge in [-0.15, -0.1) is 0 Å². The molecule has 3 heteroatoms. The number of nitrogens with two attached hydrogens (primary N) is 1. The van der Waals surface area contributed by atoms with Crippen LogP contribution in [0.1, 0.15) is 33.5 Å². The second kappa shape index (κ2) is 4.06. The van der Waals surface area contributed by atoms with Crippen LogP contribution in [0.5, 0.6) is 0 Å². The fourth-order valence-electron chi connectivity index (χ4n) is 2.12. The molecule has 2 N–H and O–H groups in total. The molecule has 3 nitrogen and oxygen atoms in total. The molecule has 1 aromatic carbocycles. The molecule has 0 saturated heterocycles. The molecule has 0 aliphatic carbocycles. The topological polar surface area (TPSA) is 43.8 Å². The van der Waals surface area contributed by atoms with E-state index in [1.54, 1.807) is 0 Å². The number of rotatable bonds is 2. The first kappa shape index (κ1) is 12.0. The highest BCUT2D eigenvalue weighted by Crippen LogP contribution is 2.24. The molecule has 0 radical (unpaired) electrons. The lowest BCUT2D eigenvalue weighted by molar-refractivity contribution is 0.343. The van der Waals surface area contributed by atoms with E-state index in [0.717, 1.165) is 30.0 Å². The Labute approximate surface area is 103 Å². The second-order valence-electron chi connectivity index (χ2n) is 5.78. The third-order valence-corrected chi connectivity index (χ3v) is 2.80. The van der Waals surface area contributed by atoms with Crippen LogP contribution >= 0.6 is 0 Å². The van der Waals surface area contributed by atoms with Crippen molar-refractivity contribution in [3.63, 3.8) is 0 Å². The predicted molar refractivity (Wildman–Crippen MR) is 73.0 cm³/mol. The van der Waals surface area contributed by atoms with Crippen LogP contribution in [-0.2, 0) is 13.0 Å². The van der Waals surface area contributed by atoms with Gasteiger partial charge >= 0.3 is 0 Å². The molecule has 1 heterocycles. The van der Waals surface area contributed by atoms with Crippen molar-refractivity contribution in [3.8, 4) is 0 Å². The Morgan fingerprint density at radius 2 is 2.00 bits per heavy atom. The highest BCUT2D eigenvalue weighted by molar-refractivity contribution is 5.79. The van der Waals surface area contributed by atoms with Crippen LogP contribution < -0.4 is 5.73 Å². The van der Waals surface area contributed by atoms with E-state index in [9.17, 15) is 0 Å². The zero-order chi connectivity index (χ0) is 12.6. The van der Waals surface area contributed by atoms with Gasteiger partial charge in [0.15, 0.2) is 0 Å². The SMILES string of the molecule is CCc1nc2cc(N)ccc2n1CC(C)(C)C. The first-order chi connectivity index (χ1) is 7.90. The van der Waals surface area contributed by atoms with E-state index in [1.807, 2.05) is 12.1 Å². The maximum absolute atomic E-state index is 5.80. The van der Waals surface area contributed by atoms with Crippen molar-refractivity contribution in [2.24, 2.45) is 5.41 Å². The van der Waals surface area contributed by atoms with Gasteiger partial charge in [-0.05, 0) is 23.6 Å². The molecule has 1 aromatic heterocycles. The average Bonchev–Trinajstić information content (AvgIpc) is 2.53. The summed E-state index contributed by atoms with van der Waals surface area (Å²) in [5.41, 5.74) is 9.02. The molecule has 17 heavy (non-hydrogen) atoms. The summed E-state index contributed by atoms with van der Waals surface area (Å²) in [7, 11) is 0. The van der Waals surface area contributed by atoms with Gasteiger partial charge in [0.1, 0.15) is 5.82 Å². The van der Waals surface area contributed by atoms with E-state index < -0.39 is 0 Å². The van der Waals surface area contributed by atoms with Crippen LogP contribution in [0.4, 0.5) is 5.69 Å². The number of hydrogen-bond acceptors (Lipinski definition) is 2. The maximum Gasteiger partial charge on any atom is 0.109 e. The van der Waals surface area contributed by atoms with Crippen molar-refractivity contribution in [1.82, 2.24) is 9.55 Å². The number of imidazole rings is 1. The number of hydrogen-bond donors (Lipinski definition) is 1. The van der Waals surface area contributed by atoms with Gasteiger partial charge < -0.3 is 10.3 Å². The quantitative estimate of drug-likeness (QED) is 0.806. The average molecular weight is 231 g/mol. The molecule has 0 unspecified atom stereocenters. The number of nitrogen functional groups attached to an aromatic ring is 1. The molecule has 0 aliphatic rings. The summed E-state index contributed by atoms with van der Waals surface area (Å²) in [6.45, 7) is 9.86. The zero-order valence-electron chi connectivity index (χ0n) is 11.1. The minimum absolute atomic E-state index is 0.249. The van der Waals surface area contributed by atoms with Gasteiger partial charge in [-0.1, -0.05) is 27.7 Å². The summed E-state index contributed by atoms with van der Waals surface area (Å²) in [5.74, 6) is 1.14. The number of fused-ring (bicyclic) bond motifs is 1. The molecular formula is C14H21N3. The Morgan fingerprint density at radius 1 is 1.29 bits per heavy atom.